The van der Waals surface area contributed by atoms with Gasteiger partial charge in [0, 0.05) is 89.1 Å². The van der Waals surface area contributed by atoms with Crippen LogP contribution >= 0.6 is 36.7 Å². The van der Waals surface area contributed by atoms with E-state index in [1.807, 2.05) is 29.3 Å². The molecule has 0 saturated carbocycles. The maximum absolute atomic E-state index is 14.6. The fourth-order valence-corrected chi connectivity index (χ4v) is 8.92. The Labute approximate surface area is 471 Å². The Morgan fingerprint density at radius 1 is 0.885 bits per heavy atom. The van der Waals surface area contributed by atoms with E-state index in [0.29, 0.717) is 110 Å². The van der Waals surface area contributed by atoms with E-state index < -0.39 is 29.2 Å². The van der Waals surface area contributed by atoms with Crippen LogP contribution in [0.5, 0.6) is 0 Å². The van der Waals surface area contributed by atoms with Crippen LogP contribution in [-0.2, 0) is 33.3 Å². The number of anilines is 2. The van der Waals surface area contributed by atoms with Gasteiger partial charge in [-0.1, -0.05) is 35.3 Å². The molecule has 1 unspecified atom stereocenters. The largest absolute Gasteiger partial charge is 0.444 e. The van der Waals surface area contributed by atoms with Gasteiger partial charge in [-0.15, -0.1) is 0 Å². The van der Waals surface area contributed by atoms with Crippen molar-refractivity contribution >= 4 is 89.0 Å². The van der Waals surface area contributed by atoms with E-state index in [9.17, 15) is 24.0 Å². The normalized spacial score (nSPS) is 15.1. The van der Waals surface area contributed by atoms with E-state index in [2.05, 4.69) is 56.3 Å². The monoisotopic (exact) mass is 1140 g/mol. The quantitative estimate of drug-likeness (QED) is 0.0175. The number of alkyl carbamates (subject to hydrolysis) is 1. The third-order valence-electron chi connectivity index (χ3n) is 12.7. The third kappa shape index (κ3) is 20.0. The van der Waals surface area contributed by atoms with Crippen molar-refractivity contribution in [2.24, 2.45) is 11.6 Å². The number of pyridine rings is 1. The molecule has 0 bridgehead atoms. The molecule has 1 aromatic carbocycles. The van der Waals surface area contributed by atoms with Crippen molar-refractivity contribution in [1.29, 1.82) is 0 Å². The number of carbonyl (C=O) groups excluding carboxylic acids is 5. The number of carbonyl (C=O) groups is 5. The van der Waals surface area contributed by atoms with Gasteiger partial charge in [-0.2, -0.15) is 13.5 Å². The molecule has 78 heavy (non-hydrogen) atoms. The Balaban J connectivity index is 0.0000112. The number of rotatable bonds is 28. The lowest BCUT2D eigenvalue weighted by Crippen LogP contribution is -2.64. The minimum absolute atomic E-state index is 0. The van der Waals surface area contributed by atoms with Gasteiger partial charge in [0.05, 0.1) is 69.7 Å². The Bertz CT molecular complexity index is 2580. The van der Waals surface area contributed by atoms with Crippen molar-refractivity contribution in [1.82, 2.24) is 56.0 Å². The lowest BCUT2D eigenvalue weighted by Gasteiger charge is -2.42. The van der Waals surface area contributed by atoms with Gasteiger partial charge in [0.15, 0.2) is 5.15 Å². The molecule has 6 rings (SSSR count). The van der Waals surface area contributed by atoms with Crippen LogP contribution in [0, 0.1) is 0 Å². The Morgan fingerprint density at radius 2 is 1.58 bits per heavy atom. The van der Waals surface area contributed by atoms with E-state index in [0.717, 1.165) is 22.4 Å². The van der Waals surface area contributed by atoms with Gasteiger partial charge in [-0.25, -0.2) is 25.6 Å². The SMILES string of the molecule is CC(C)(C)OC(=O)NC1(C(=O)NC(CCN2CCN(C(=O)CCOCCOCCOCCNC(=O)c3ccc(NC(=O)CNCCN(N)/C=C\N)c(Cl)n3)CC2)c2ccc(Cl)cc2)CCN(c2ncnc3[nH]ccc23)CC1.S. The van der Waals surface area contributed by atoms with E-state index in [4.69, 9.17) is 53.7 Å². The highest BCUT2D eigenvalue weighted by atomic mass is 35.5. The first-order chi connectivity index (χ1) is 37.0. The summed E-state index contributed by atoms with van der Waals surface area (Å²) in [4.78, 5) is 88.2. The van der Waals surface area contributed by atoms with Gasteiger partial charge >= 0.3 is 6.09 Å². The number of halogens is 2. The maximum Gasteiger partial charge on any atom is 0.408 e. The number of hydrogen-bond donors (Lipinski definition) is 8. The Kier molecular flexibility index (Phi) is 25.4. The second-order valence-corrected chi connectivity index (χ2v) is 20.2. The zero-order chi connectivity index (χ0) is 55.2. The maximum atomic E-state index is 14.6. The third-order valence-corrected chi connectivity index (χ3v) is 13.2. The molecule has 1 atom stereocenters. The lowest BCUT2D eigenvalue weighted by atomic mass is 9.85. The zero-order valence-electron chi connectivity index (χ0n) is 44.5. The van der Waals surface area contributed by atoms with Gasteiger partial charge in [-0.05, 0) is 75.9 Å². The van der Waals surface area contributed by atoms with Crippen LogP contribution in [-0.4, -0.2) is 187 Å². The van der Waals surface area contributed by atoms with Crippen LogP contribution in [0.4, 0.5) is 16.3 Å². The molecule has 24 nitrogen and oxygen atoms in total. The Morgan fingerprint density at radius 3 is 2.26 bits per heavy atom. The summed E-state index contributed by atoms with van der Waals surface area (Å²) in [7, 11) is 0. The molecular weight excluding hydrogens is 1070 g/mol. The number of hydrazine groups is 1. The first kappa shape index (κ1) is 62.8. The summed E-state index contributed by atoms with van der Waals surface area (Å²) in [5, 5.41) is 17.4. The van der Waals surface area contributed by atoms with Crippen LogP contribution in [0.1, 0.15) is 68.5 Å². The van der Waals surface area contributed by atoms with Gasteiger partial charge in [-0.3, -0.25) is 24.1 Å². The minimum Gasteiger partial charge on any atom is -0.444 e. The number of piperidine rings is 1. The molecule has 27 heteroatoms. The zero-order valence-corrected chi connectivity index (χ0v) is 47.0. The number of ether oxygens (including phenoxy) is 4. The molecule has 10 N–H and O–H groups in total. The number of benzene rings is 1. The number of piperazine rings is 1. The molecule has 428 valence electrons. The highest BCUT2D eigenvalue weighted by Gasteiger charge is 2.45. The first-order valence-corrected chi connectivity index (χ1v) is 26.5. The molecule has 0 spiro atoms. The summed E-state index contributed by atoms with van der Waals surface area (Å²) in [6.45, 7) is 12.3. The average Bonchev–Trinajstić information content (AvgIpc) is 3.93. The number of aromatic nitrogens is 4. The fraction of sp³-hybridized carbons (Fsp3) is 0.529. The van der Waals surface area contributed by atoms with E-state index in [1.165, 1.54) is 35.9 Å². The molecule has 2 aliphatic rings. The summed E-state index contributed by atoms with van der Waals surface area (Å²) >= 11 is 12.5. The molecule has 2 fully saturated rings. The lowest BCUT2D eigenvalue weighted by molar-refractivity contribution is -0.134. The summed E-state index contributed by atoms with van der Waals surface area (Å²) < 4.78 is 22.5. The van der Waals surface area contributed by atoms with Crippen molar-refractivity contribution in [3.63, 3.8) is 0 Å². The van der Waals surface area contributed by atoms with Crippen molar-refractivity contribution in [3.05, 3.63) is 88.8 Å². The number of nitrogens with zero attached hydrogens (tertiary/aromatic N) is 7. The molecule has 2 aliphatic heterocycles. The summed E-state index contributed by atoms with van der Waals surface area (Å²) in [6.07, 6.45) is 6.92. The second-order valence-electron chi connectivity index (χ2n) is 19.4. The predicted octanol–water partition coefficient (Wildman–Crippen LogP) is 3.03. The second kappa shape index (κ2) is 31.5. The van der Waals surface area contributed by atoms with Crippen LogP contribution in [0.3, 0.4) is 0 Å². The van der Waals surface area contributed by atoms with Crippen LogP contribution < -0.4 is 43.1 Å². The predicted molar refractivity (Wildman–Crippen MR) is 302 cm³/mol. The number of aromatic amines is 1. The van der Waals surface area contributed by atoms with E-state index in [1.54, 1.807) is 32.9 Å². The molecule has 4 aromatic rings. The van der Waals surface area contributed by atoms with Gasteiger partial charge < -0.3 is 71.1 Å². The standard InChI is InChI=1S/C51H73Cl2N15O9.H2S/c1-50(2,3)77-49(73)64-51(13-20-67(21-14-51)46-38-10-16-57-45(38)59-35-60-46)48(72)63-39(36-4-6-37(52)7-5-36)11-19-65-24-26-66(27-25-65)43(70)12-28-74-30-32-76-33-31-75-29-18-58-47(71)41-9-8-40(44(53)62-41)61-42(69)34-56-17-23-68(55)22-15-54;/h4-10,15-16,22,35,39,56H,11-14,17-21,23-34,54-55H2,1-3H3,(H,58,71)(H,61,69)(H,63,72)(H,64,73)(H,57,59,60);1H2/b22-15-;. The number of nitrogens with one attached hydrogen (secondary N) is 6. The van der Waals surface area contributed by atoms with Crippen LogP contribution in [0.15, 0.2) is 67.4 Å². The van der Waals surface area contributed by atoms with Gasteiger partial charge in [0.2, 0.25) is 17.7 Å². The molecular formula is C51H75Cl2N15O9S. The highest BCUT2D eigenvalue weighted by molar-refractivity contribution is 7.59. The molecule has 5 amide bonds. The summed E-state index contributed by atoms with van der Waals surface area (Å²) in [5.74, 6) is 5.35. The molecule has 2 saturated heterocycles. The smallest absolute Gasteiger partial charge is 0.408 e. The molecule has 3 aromatic heterocycles. The number of hydrogen-bond acceptors (Lipinski definition) is 18. The van der Waals surface area contributed by atoms with E-state index in [-0.39, 0.29) is 80.5 Å². The van der Waals surface area contributed by atoms with Gasteiger partial charge in [0.25, 0.3) is 5.91 Å². The van der Waals surface area contributed by atoms with Crippen molar-refractivity contribution < 1.29 is 42.9 Å². The van der Waals surface area contributed by atoms with Gasteiger partial charge in [0.1, 0.15) is 34.6 Å². The Hall–Kier alpha value is -6.03. The number of H-pyrrole nitrogens is 1. The highest BCUT2D eigenvalue weighted by Crippen LogP contribution is 2.31. The number of fused-ring (bicyclic) bond motifs is 1. The minimum atomic E-state index is -1.26. The molecule has 0 aliphatic carbocycles. The van der Waals surface area contributed by atoms with Crippen molar-refractivity contribution in [2.45, 2.75) is 63.6 Å². The number of nitrogens with two attached hydrogens (primary N) is 2. The van der Waals surface area contributed by atoms with Crippen molar-refractivity contribution in [3.8, 4) is 0 Å². The molecule has 5 heterocycles. The topological polar surface area (TPSA) is 302 Å². The first-order valence-electron chi connectivity index (χ1n) is 25.7. The summed E-state index contributed by atoms with van der Waals surface area (Å²) in [6, 6.07) is 11.9. The van der Waals surface area contributed by atoms with E-state index >= 15 is 0 Å². The number of amides is 5. The molecule has 0 radical (unpaired) electrons. The van der Waals surface area contributed by atoms with Crippen LogP contribution in [0.25, 0.3) is 11.0 Å². The summed E-state index contributed by atoms with van der Waals surface area (Å²) in [5.41, 5.74) is 5.21. The van der Waals surface area contributed by atoms with Crippen LogP contribution in [0.2, 0.25) is 10.2 Å². The average molecular weight is 1150 g/mol. The van der Waals surface area contributed by atoms with Crippen molar-refractivity contribution in [2.75, 3.05) is 122 Å². The fourth-order valence-electron chi connectivity index (χ4n) is 8.60.